The molecule has 0 saturated heterocycles. The number of hydrogen-bond donors (Lipinski definition) is 1. The number of para-hydroxylation sites is 1. The fraction of sp³-hybridized carbons (Fsp3) is 0.250. The summed E-state index contributed by atoms with van der Waals surface area (Å²) in [5.41, 5.74) is 1.82. The first kappa shape index (κ1) is 15.9. The van der Waals surface area contributed by atoms with Gasteiger partial charge >= 0.3 is 0 Å². The highest BCUT2D eigenvalue weighted by molar-refractivity contribution is 7.91. The SMILES string of the molecule is CCS(=O)(=O)c1ccccc1NCCc1ccc(Cl)cc1. The quantitative estimate of drug-likeness (QED) is 0.879. The molecule has 0 atom stereocenters. The number of rotatable bonds is 6. The molecule has 0 spiro atoms. The number of anilines is 1. The molecule has 1 N–H and O–H groups in total. The van der Waals surface area contributed by atoms with Crippen LogP contribution in [0.15, 0.2) is 53.4 Å². The van der Waals surface area contributed by atoms with Crippen LogP contribution in [-0.4, -0.2) is 20.7 Å². The lowest BCUT2D eigenvalue weighted by Crippen LogP contribution is -2.11. The average molecular weight is 324 g/mol. The van der Waals surface area contributed by atoms with Gasteiger partial charge in [0.05, 0.1) is 16.3 Å². The van der Waals surface area contributed by atoms with E-state index in [1.807, 2.05) is 30.3 Å². The third-order valence-electron chi connectivity index (χ3n) is 3.24. The molecular weight excluding hydrogens is 306 g/mol. The van der Waals surface area contributed by atoms with Crippen molar-refractivity contribution in [3.05, 3.63) is 59.1 Å². The lowest BCUT2D eigenvalue weighted by atomic mass is 10.1. The van der Waals surface area contributed by atoms with Crippen LogP contribution in [0.1, 0.15) is 12.5 Å². The molecule has 3 nitrogen and oxygen atoms in total. The van der Waals surface area contributed by atoms with Crippen molar-refractivity contribution in [3.8, 4) is 0 Å². The van der Waals surface area contributed by atoms with Gasteiger partial charge in [0.1, 0.15) is 0 Å². The summed E-state index contributed by atoms with van der Waals surface area (Å²) in [5.74, 6) is 0.100. The third kappa shape index (κ3) is 4.22. The minimum absolute atomic E-state index is 0.100. The maximum atomic E-state index is 12.0. The fourth-order valence-corrected chi connectivity index (χ4v) is 3.23. The summed E-state index contributed by atoms with van der Waals surface area (Å²) in [6, 6.07) is 14.7. The molecule has 21 heavy (non-hydrogen) atoms. The van der Waals surface area contributed by atoms with E-state index in [9.17, 15) is 8.42 Å². The molecule has 2 aromatic carbocycles. The van der Waals surface area contributed by atoms with Crippen LogP contribution in [0.3, 0.4) is 0 Å². The van der Waals surface area contributed by atoms with Crippen molar-refractivity contribution in [2.24, 2.45) is 0 Å². The van der Waals surface area contributed by atoms with Crippen LogP contribution in [0, 0.1) is 0 Å². The second kappa shape index (κ2) is 6.96. The van der Waals surface area contributed by atoms with Gasteiger partial charge in [-0.3, -0.25) is 0 Å². The molecule has 0 amide bonds. The van der Waals surface area contributed by atoms with Crippen molar-refractivity contribution in [2.75, 3.05) is 17.6 Å². The molecule has 0 radical (unpaired) electrons. The summed E-state index contributed by atoms with van der Waals surface area (Å²) < 4.78 is 24.1. The van der Waals surface area contributed by atoms with Crippen molar-refractivity contribution >= 4 is 27.1 Å². The Bertz CT molecular complexity index is 696. The smallest absolute Gasteiger partial charge is 0.180 e. The van der Waals surface area contributed by atoms with Crippen LogP contribution < -0.4 is 5.32 Å². The van der Waals surface area contributed by atoms with Crippen LogP contribution in [0.25, 0.3) is 0 Å². The number of nitrogens with one attached hydrogen (secondary N) is 1. The van der Waals surface area contributed by atoms with E-state index in [4.69, 9.17) is 11.6 Å². The molecular formula is C16H18ClNO2S. The van der Waals surface area contributed by atoms with E-state index in [0.29, 0.717) is 22.2 Å². The second-order valence-electron chi connectivity index (χ2n) is 4.70. The lowest BCUT2D eigenvalue weighted by molar-refractivity contribution is 0.597. The standard InChI is InChI=1S/C16H18ClNO2S/c1-2-21(19,20)16-6-4-3-5-15(16)18-12-11-13-7-9-14(17)10-8-13/h3-10,18H,2,11-12H2,1H3. The van der Waals surface area contributed by atoms with E-state index in [2.05, 4.69) is 5.32 Å². The summed E-state index contributed by atoms with van der Waals surface area (Å²) in [6.07, 6.45) is 0.803. The summed E-state index contributed by atoms with van der Waals surface area (Å²) in [7, 11) is -3.21. The van der Waals surface area contributed by atoms with E-state index >= 15 is 0 Å². The van der Waals surface area contributed by atoms with Gasteiger partial charge in [-0.2, -0.15) is 0 Å². The highest BCUT2D eigenvalue weighted by atomic mass is 35.5. The molecule has 0 aliphatic heterocycles. The Morgan fingerprint density at radius 2 is 1.71 bits per heavy atom. The highest BCUT2D eigenvalue weighted by Crippen LogP contribution is 2.22. The van der Waals surface area contributed by atoms with Gasteiger partial charge in [0.15, 0.2) is 9.84 Å². The van der Waals surface area contributed by atoms with Crippen molar-refractivity contribution in [3.63, 3.8) is 0 Å². The maximum absolute atomic E-state index is 12.0. The van der Waals surface area contributed by atoms with Gasteiger partial charge in [-0.25, -0.2) is 8.42 Å². The normalized spacial score (nSPS) is 11.3. The predicted octanol–water partition coefficient (Wildman–Crippen LogP) is 3.79. The largest absolute Gasteiger partial charge is 0.384 e. The van der Waals surface area contributed by atoms with Gasteiger partial charge in [0.2, 0.25) is 0 Å². The molecule has 0 unspecified atom stereocenters. The van der Waals surface area contributed by atoms with Crippen LogP contribution in [-0.2, 0) is 16.3 Å². The van der Waals surface area contributed by atoms with Crippen molar-refractivity contribution in [1.29, 1.82) is 0 Å². The van der Waals surface area contributed by atoms with E-state index in [1.165, 1.54) is 0 Å². The van der Waals surface area contributed by atoms with Crippen LogP contribution in [0.4, 0.5) is 5.69 Å². The van der Waals surface area contributed by atoms with E-state index in [1.54, 1.807) is 25.1 Å². The summed E-state index contributed by atoms with van der Waals surface area (Å²) in [5, 5.41) is 3.92. The van der Waals surface area contributed by atoms with Crippen molar-refractivity contribution < 1.29 is 8.42 Å². The Kier molecular flexibility index (Phi) is 5.26. The second-order valence-corrected chi connectivity index (χ2v) is 7.39. The predicted molar refractivity (Wildman–Crippen MR) is 87.8 cm³/mol. The molecule has 2 aromatic rings. The first-order chi connectivity index (χ1) is 10.0. The Labute approximate surface area is 130 Å². The van der Waals surface area contributed by atoms with Gasteiger partial charge in [0, 0.05) is 11.6 Å². The first-order valence-corrected chi connectivity index (χ1v) is 8.86. The number of benzene rings is 2. The molecule has 0 aromatic heterocycles. The number of sulfone groups is 1. The number of hydrogen-bond acceptors (Lipinski definition) is 3. The number of halogens is 1. The van der Waals surface area contributed by atoms with Gasteiger partial charge in [-0.1, -0.05) is 42.8 Å². The molecule has 0 saturated carbocycles. The molecule has 0 aliphatic carbocycles. The lowest BCUT2D eigenvalue weighted by Gasteiger charge is -2.11. The Hall–Kier alpha value is -1.52. The zero-order chi connectivity index (χ0) is 15.3. The molecule has 0 aliphatic rings. The molecule has 5 heteroatoms. The zero-order valence-electron chi connectivity index (χ0n) is 11.8. The molecule has 0 fully saturated rings. The van der Waals surface area contributed by atoms with E-state index in [-0.39, 0.29) is 5.75 Å². The summed E-state index contributed by atoms with van der Waals surface area (Å²) >= 11 is 5.85. The Morgan fingerprint density at radius 3 is 2.38 bits per heavy atom. The fourth-order valence-electron chi connectivity index (χ4n) is 2.03. The summed E-state index contributed by atoms with van der Waals surface area (Å²) in [4.78, 5) is 0.364. The van der Waals surface area contributed by atoms with Crippen LogP contribution in [0.2, 0.25) is 5.02 Å². The minimum atomic E-state index is -3.21. The highest BCUT2D eigenvalue weighted by Gasteiger charge is 2.15. The average Bonchev–Trinajstić information content (AvgIpc) is 2.50. The van der Waals surface area contributed by atoms with Gasteiger partial charge in [0.25, 0.3) is 0 Å². The molecule has 112 valence electrons. The topological polar surface area (TPSA) is 46.2 Å². The maximum Gasteiger partial charge on any atom is 0.180 e. The van der Waals surface area contributed by atoms with Crippen molar-refractivity contribution in [1.82, 2.24) is 0 Å². The van der Waals surface area contributed by atoms with Gasteiger partial charge < -0.3 is 5.32 Å². The van der Waals surface area contributed by atoms with Gasteiger partial charge in [-0.05, 0) is 36.2 Å². The molecule has 2 rings (SSSR count). The zero-order valence-corrected chi connectivity index (χ0v) is 13.4. The minimum Gasteiger partial charge on any atom is -0.384 e. The van der Waals surface area contributed by atoms with E-state index < -0.39 is 9.84 Å². The summed E-state index contributed by atoms with van der Waals surface area (Å²) in [6.45, 7) is 2.32. The van der Waals surface area contributed by atoms with Crippen LogP contribution in [0.5, 0.6) is 0 Å². The first-order valence-electron chi connectivity index (χ1n) is 6.83. The Morgan fingerprint density at radius 1 is 1.05 bits per heavy atom. The third-order valence-corrected chi connectivity index (χ3v) is 5.28. The van der Waals surface area contributed by atoms with Crippen LogP contribution >= 0.6 is 11.6 Å². The Balaban J connectivity index is 2.05. The molecule has 0 heterocycles. The van der Waals surface area contributed by atoms with Gasteiger partial charge in [-0.15, -0.1) is 0 Å². The monoisotopic (exact) mass is 323 g/mol. The molecule has 0 bridgehead atoms. The van der Waals surface area contributed by atoms with Crippen molar-refractivity contribution in [2.45, 2.75) is 18.2 Å². The van der Waals surface area contributed by atoms with E-state index in [0.717, 1.165) is 12.0 Å².